The third kappa shape index (κ3) is 2.08. The molecule has 3 aromatic rings. The first-order chi connectivity index (χ1) is 10.3. The summed E-state index contributed by atoms with van der Waals surface area (Å²) in [7, 11) is 0. The number of aliphatic hydroxyl groups is 1. The number of hydrogen-bond acceptors (Lipinski definition) is 2. The maximum atomic E-state index is 10.4. The lowest BCUT2D eigenvalue weighted by Gasteiger charge is -2.30. The van der Waals surface area contributed by atoms with Gasteiger partial charge in [-0.05, 0) is 16.8 Å². The molecule has 0 saturated carbocycles. The molecular weight excluding hydrogens is 260 g/mol. The van der Waals surface area contributed by atoms with Gasteiger partial charge in [0.1, 0.15) is 11.9 Å². The Hall–Kier alpha value is -2.32. The van der Waals surface area contributed by atoms with E-state index >= 15 is 0 Å². The van der Waals surface area contributed by atoms with Crippen LogP contribution in [0.2, 0.25) is 0 Å². The van der Waals surface area contributed by atoms with E-state index in [1.807, 2.05) is 42.5 Å². The Morgan fingerprint density at radius 2 is 1.52 bits per heavy atom. The molecule has 0 saturated heterocycles. The van der Waals surface area contributed by atoms with Gasteiger partial charge >= 0.3 is 0 Å². The van der Waals surface area contributed by atoms with Gasteiger partial charge in [0.05, 0.1) is 6.10 Å². The molecule has 0 amide bonds. The molecule has 1 N–H and O–H groups in total. The molecule has 0 aromatic heterocycles. The second kappa shape index (κ2) is 4.90. The Morgan fingerprint density at radius 1 is 0.810 bits per heavy atom. The number of aliphatic hydroxyl groups excluding tert-OH is 1. The maximum absolute atomic E-state index is 10.4. The lowest BCUT2D eigenvalue weighted by Crippen LogP contribution is -2.19. The summed E-state index contributed by atoms with van der Waals surface area (Å²) in [6.45, 7) is 0. The lowest BCUT2D eigenvalue weighted by molar-refractivity contribution is 0.0664. The standard InChI is InChI=1S/C19H16O2/c20-17-12-19(21-18-11-4-3-9-16(17)18)15-10-5-7-13-6-1-2-8-14(13)15/h1-11,17,19-20H,12H2/t17-,19-/m0/s1. The fourth-order valence-electron chi connectivity index (χ4n) is 3.12. The van der Waals surface area contributed by atoms with Crippen molar-refractivity contribution in [3.63, 3.8) is 0 Å². The predicted molar refractivity (Wildman–Crippen MR) is 83.3 cm³/mol. The zero-order valence-electron chi connectivity index (χ0n) is 11.6. The van der Waals surface area contributed by atoms with E-state index in [9.17, 15) is 5.11 Å². The number of para-hydroxylation sites is 1. The number of hydrogen-bond donors (Lipinski definition) is 1. The van der Waals surface area contributed by atoms with Crippen LogP contribution in [0.25, 0.3) is 10.8 Å². The van der Waals surface area contributed by atoms with Gasteiger partial charge in [-0.1, -0.05) is 60.7 Å². The van der Waals surface area contributed by atoms with E-state index in [1.54, 1.807) is 0 Å². The van der Waals surface area contributed by atoms with Crippen molar-refractivity contribution in [1.29, 1.82) is 0 Å². The van der Waals surface area contributed by atoms with Crippen LogP contribution in [-0.4, -0.2) is 5.11 Å². The third-order valence-corrected chi connectivity index (χ3v) is 4.15. The molecule has 2 heteroatoms. The van der Waals surface area contributed by atoms with Crippen LogP contribution in [0, 0.1) is 0 Å². The second-order valence-electron chi connectivity index (χ2n) is 5.46. The summed E-state index contributed by atoms with van der Waals surface area (Å²) >= 11 is 0. The van der Waals surface area contributed by atoms with E-state index in [2.05, 4.69) is 24.3 Å². The highest BCUT2D eigenvalue weighted by molar-refractivity contribution is 5.86. The molecule has 0 spiro atoms. The summed E-state index contributed by atoms with van der Waals surface area (Å²) in [5, 5.41) is 12.8. The minimum absolute atomic E-state index is 0.110. The molecule has 0 radical (unpaired) electrons. The zero-order valence-corrected chi connectivity index (χ0v) is 11.6. The summed E-state index contributed by atoms with van der Waals surface area (Å²) in [6.07, 6.45) is 0.00491. The van der Waals surface area contributed by atoms with E-state index in [4.69, 9.17) is 4.74 Å². The van der Waals surface area contributed by atoms with Gasteiger partial charge in [-0.3, -0.25) is 0 Å². The largest absolute Gasteiger partial charge is 0.485 e. The van der Waals surface area contributed by atoms with E-state index in [0.717, 1.165) is 16.9 Å². The highest BCUT2D eigenvalue weighted by Crippen LogP contribution is 2.42. The van der Waals surface area contributed by atoms with E-state index in [1.165, 1.54) is 10.8 Å². The molecule has 2 atom stereocenters. The molecule has 0 unspecified atom stereocenters. The second-order valence-corrected chi connectivity index (χ2v) is 5.46. The van der Waals surface area contributed by atoms with Crippen LogP contribution < -0.4 is 4.74 Å². The Bertz CT molecular complexity index is 789. The van der Waals surface area contributed by atoms with Crippen LogP contribution >= 0.6 is 0 Å². The number of fused-ring (bicyclic) bond motifs is 2. The minimum Gasteiger partial charge on any atom is -0.485 e. The first-order valence-corrected chi connectivity index (χ1v) is 7.24. The average Bonchev–Trinajstić information content (AvgIpc) is 2.54. The van der Waals surface area contributed by atoms with E-state index < -0.39 is 6.10 Å². The molecule has 1 heterocycles. The summed E-state index contributed by atoms with van der Waals surface area (Å²) in [5.74, 6) is 0.786. The van der Waals surface area contributed by atoms with Crippen LogP contribution in [0.15, 0.2) is 66.7 Å². The first-order valence-electron chi connectivity index (χ1n) is 7.24. The summed E-state index contributed by atoms with van der Waals surface area (Å²) in [5.41, 5.74) is 2.02. The van der Waals surface area contributed by atoms with Crippen LogP contribution in [0.4, 0.5) is 0 Å². The minimum atomic E-state index is -0.473. The smallest absolute Gasteiger partial charge is 0.127 e. The molecule has 3 aromatic carbocycles. The van der Waals surface area contributed by atoms with Gasteiger partial charge in [0, 0.05) is 17.5 Å². The first kappa shape index (κ1) is 12.4. The van der Waals surface area contributed by atoms with Crippen LogP contribution in [0.5, 0.6) is 5.75 Å². The molecule has 104 valence electrons. The quantitative estimate of drug-likeness (QED) is 0.714. The molecule has 0 bridgehead atoms. The molecule has 0 aliphatic carbocycles. The summed E-state index contributed by atoms with van der Waals surface area (Å²) in [6, 6.07) is 22.3. The van der Waals surface area contributed by atoms with Crippen molar-refractivity contribution in [1.82, 2.24) is 0 Å². The molecule has 2 nitrogen and oxygen atoms in total. The number of ether oxygens (including phenoxy) is 1. The maximum Gasteiger partial charge on any atom is 0.127 e. The molecular formula is C19H16O2. The van der Waals surface area contributed by atoms with Crippen molar-refractivity contribution in [3.05, 3.63) is 77.9 Å². The highest BCUT2D eigenvalue weighted by atomic mass is 16.5. The Labute approximate surface area is 123 Å². The van der Waals surface area contributed by atoms with Crippen molar-refractivity contribution < 1.29 is 9.84 Å². The number of benzene rings is 3. The average molecular weight is 276 g/mol. The molecule has 0 fully saturated rings. The van der Waals surface area contributed by atoms with Gasteiger partial charge in [0.2, 0.25) is 0 Å². The van der Waals surface area contributed by atoms with Crippen molar-refractivity contribution in [2.45, 2.75) is 18.6 Å². The van der Waals surface area contributed by atoms with E-state index in [0.29, 0.717) is 6.42 Å². The third-order valence-electron chi connectivity index (χ3n) is 4.15. The zero-order chi connectivity index (χ0) is 14.2. The summed E-state index contributed by atoms with van der Waals surface area (Å²) in [4.78, 5) is 0. The Morgan fingerprint density at radius 3 is 2.48 bits per heavy atom. The van der Waals surface area contributed by atoms with Crippen LogP contribution in [0.3, 0.4) is 0 Å². The fraction of sp³-hybridized carbons (Fsp3) is 0.158. The van der Waals surface area contributed by atoms with Crippen molar-refractivity contribution >= 4 is 10.8 Å². The normalized spacial score (nSPS) is 20.8. The van der Waals surface area contributed by atoms with E-state index in [-0.39, 0.29) is 6.10 Å². The lowest BCUT2D eigenvalue weighted by atomic mass is 9.92. The van der Waals surface area contributed by atoms with Gasteiger partial charge in [-0.2, -0.15) is 0 Å². The highest BCUT2D eigenvalue weighted by Gasteiger charge is 2.28. The monoisotopic (exact) mass is 276 g/mol. The van der Waals surface area contributed by atoms with Crippen LogP contribution in [-0.2, 0) is 0 Å². The fourth-order valence-corrected chi connectivity index (χ4v) is 3.12. The van der Waals surface area contributed by atoms with Crippen molar-refractivity contribution in [3.8, 4) is 5.75 Å². The SMILES string of the molecule is O[C@H]1C[C@@H](c2cccc3ccccc23)Oc2ccccc21. The predicted octanol–water partition coefficient (Wildman–Crippen LogP) is 4.40. The van der Waals surface area contributed by atoms with Crippen LogP contribution in [0.1, 0.15) is 29.8 Å². The van der Waals surface area contributed by atoms with Gasteiger partial charge in [-0.15, -0.1) is 0 Å². The van der Waals surface area contributed by atoms with Gasteiger partial charge in [0.15, 0.2) is 0 Å². The molecule has 4 rings (SSSR count). The van der Waals surface area contributed by atoms with Gasteiger partial charge in [-0.25, -0.2) is 0 Å². The number of rotatable bonds is 1. The van der Waals surface area contributed by atoms with Gasteiger partial charge < -0.3 is 9.84 Å². The molecule has 1 aliphatic heterocycles. The molecule has 1 aliphatic rings. The Balaban J connectivity index is 1.81. The Kier molecular flexibility index (Phi) is 2.90. The molecule has 21 heavy (non-hydrogen) atoms. The summed E-state index contributed by atoms with van der Waals surface area (Å²) < 4.78 is 6.14. The van der Waals surface area contributed by atoms with Gasteiger partial charge in [0.25, 0.3) is 0 Å². The van der Waals surface area contributed by atoms with Crippen molar-refractivity contribution in [2.24, 2.45) is 0 Å². The van der Waals surface area contributed by atoms with Crippen molar-refractivity contribution in [2.75, 3.05) is 0 Å². The topological polar surface area (TPSA) is 29.5 Å².